The normalized spacial score (nSPS) is 24.8. The molecule has 1 aromatic carbocycles. The van der Waals surface area contributed by atoms with Gasteiger partial charge in [0, 0.05) is 36.0 Å². The number of aromatic nitrogens is 1. The number of aromatic hydroxyl groups is 1. The Morgan fingerprint density at radius 1 is 1.14 bits per heavy atom. The molecule has 0 aliphatic heterocycles. The minimum Gasteiger partial charge on any atom is -0.508 e. The number of carbonyl (C=O) groups excluding carboxylic acids is 3. The van der Waals surface area contributed by atoms with Crippen molar-refractivity contribution in [2.75, 3.05) is 14.1 Å². The van der Waals surface area contributed by atoms with Gasteiger partial charge < -0.3 is 35.9 Å². The predicted molar refractivity (Wildman–Crippen MR) is 157 cm³/mol. The SMILES string of the molecule is CN(C)[C@@H]1C(=O)C(C(N)=O)=C(O)[C@@]2(O)C(=O)C3=C(O)c4c(O)ccc(-c5ccc(CNCc6cccnc6)o5)c4C[C@H]3C[C@@H]12. The van der Waals surface area contributed by atoms with Crippen molar-refractivity contribution in [1.29, 1.82) is 0 Å². The number of primary amides is 1. The Bertz CT molecular complexity index is 1760. The van der Waals surface area contributed by atoms with Crippen LogP contribution in [0.3, 0.4) is 0 Å². The second-order valence-corrected chi connectivity index (χ2v) is 11.7. The standard InChI is InChI=1S/C32H32N4O8/c1-36(2)26-20-11-16-10-19-18(22-8-5-17(44-22)14-35-13-15-4-3-9-34-12-15)6-7-21(37)24(19)27(38)23(16)29(40)32(20,43)30(41)25(28(26)39)31(33)42/h3-9,12,16,20,26,35,37-38,41,43H,10-11,13-14H2,1-2H3,(H2,33,42)/t16-,20-,26-,32-/m0/s1. The van der Waals surface area contributed by atoms with Gasteiger partial charge in [-0.1, -0.05) is 6.07 Å². The van der Waals surface area contributed by atoms with E-state index in [2.05, 4.69) is 10.3 Å². The number of likely N-dealkylation sites (N-methyl/N-ethyl adjacent to an activating group) is 1. The van der Waals surface area contributed by atoms with E-state index in [4.69, 9.17) is 10.2 Å². The number of nitrogens with zero attached hydrogens (tertiary/aromatic N) is 2. The zero-order valence-electron chi connectivity index (χ0n) is 24.1. The molecule has 0 spiro atoms. The van der Waals surface area contributed by atoms with Crippen LogP contribution in [0.4, 0.5) is 0 Å². The summed E-state index contributed by atoms with van der Waals surface area (Å²) in [6.07, 6.45) is 3.64. The molecule has 0 unspecified atom stereocenters. The Kier molecular flexibility index (Phi) is 7.15. The van der Waals surface area contributed by atoms with Crippen molar-refractivity contribution in [3.8, 4) is 17.1 Å². The van der Waals surface area contributed by atoms with Crippen molar-refractivity contribution in [2.45, 2.75) is 37.6 Å². The van der Waals surface area contributed by atoms with Crippen LogP contribution in [-0.2, 0) is 33.9 Å². The van der Waals surface area contributed by atoms with Gasteiger partial charge in [-0.05, 0) is 74.3 Å². The molecule has 0 radical (unpaired) electrons. The van der Waals surface area contributed by atoms with E-state index in [1.807, 2.05) is 18.2 Å². The number of benzene rings is 1. The maximum Gasteiger partial charge on any atom is 0.255 e. The van der Waals surface area contributed by atoms with Crippen molar-refractivity contribution >= 4 is 23.2 Å². The number of fused-ring (bicyclic) bond motifs is 3. The van der Waals surface area contributed by atoms with E-state index in [0.29, 0.717) is 35.7 Å². The number of furan rings is 1. The molecule has 3 aromatic rings. The number of aliphatic hydroxyl groups excluding tert-OH is 2. The number of phenolic OH excluding ortho intramolecular Hbond substituents is 1. The molecule has 44 heavy (non-hydrogen) atoms. The van der Waals surface area contributed by atoms with Crippen LogP contribution in [0.25, 0.3) is 17.1 Å². The first kappa shape index (κ1) is 29.3. The molecule has 0 bridgehead atoms. The average Bonchev–Trinajstić information content (AvgIpc) is 3.44. The van der Waals surface area contributed by atoms with Crippen LogP contribution in [0.5, 0.6) is 5.75 Å². The number of ketones is 2. The van der Waals surface area contributed by atoms with E-state index >= 15 is 0 Å². The summed E-state index contributed by atoms with van der Waals surface area (Å²) in [4.78, 5) is 45.0. The molecule has 3 aliphatic rings. The number of amides is 1. The second-order valence-electron chi connectivity index (χ2n) is 11.7. The lowest BCUT2D eigenvalue weighted by Crippen LogP contribution is -2.65. The molecule has 0 saturated heterocycles. The average molecular weight is 601 g/mol. The summed E-state index contributed by atoms with van der Waals surface area (Å²) in [5.74, 6) is -5.78. The van der Waals surface area contributed by atoms with Gasteiger partial charge in [-0.25, -0.2) is 0 Å². The van der Waals surface area contributed by atoms with Crippen molar-refractivity contribution in [3.63, 3.8) is 0 Å². The van der Waals surface area contributed by atoms with E-state index in [1.165, 1.54) is 11.0 Å². The summed E-state index contributed by atoms with van der Waals surface area (Å²) in [7, 11) is 3.12. The summed E-state index contributed by atoms with van der Waals surface area (Å²) < 4.78 is 6.12. The molecule has 2 aromatic heterocycles. The molecule has 1 saturated carbocycles. The highest BCUT2D eigenvalue weighted by atomic mass is 16.4. The Morgan fingerprint density at radius 2 is 1.91 bits per heavy atom. The Morgan fingerprint density at radius 3 is 2.59 bits per heavy atom. The van der Waals surface area contributed by atoms with Gasteiger partial charge in [-0.3, -0.25) is 24.3 Å². The number of rotatable bonds is 7. The molecule has 7 N–H and O–H groups in total. The van der Waals surface area contributed by atoms with E-state index < -0.39 is 58.0 Å². The van der Waals surface area contributed by atoms with Crippen LogP contribution < -0.4 is 11.1 Å². The van der Waals surface area contributed by atoms with Gasteiger partial charge in [0.05, 0.1) is 18.2 Å². The Labute approximate surface area is 252 Å². The van der Waals surface area contributed by atoms with Crippen LogP contribution in [-0.4, -0.2) is 73.5 Å². The fraction of sp³-hybridized carbons (Fsp3) is 0.312. The van der Waals surface area contributed by atoms with Gasteiger partial charge in [0.25, 0.3) is 5.91 Å². The Balaban J connectivity index is 1.38. The summed E-state index contributed by atoms with van der Waals surface area (Å²) in [5, 5.41) is 48.3. The smallest absolute Gasteiger partial charge is 0.255 e. The number of carbonyl (C=O) groups is 3. The first-order valence-corrected chi connectivity index (χ1v) is 14.1. The number of nitrogens with one attached hydrogen (secondary N) is 1. The van der Waals surface area contributed by atoms with Gasteiger partial charge >= 0.3 is 0 Å². The van der Waals surface area contributed by atoms with Crippen LogP contribution in [0.1, 0.15) is 28.9 Å². The second kappa shape index (κ2) is 10.7. The molecule has 228 valence electrons. The number of phenols is 1. The molecule has 2 heterocycles. The largest absolute Gasteiger partial charge is 0.508 e. The highest BCUT2D eigenvalue weighted by molar-refractivity contribution is 6.24. The summed E-state index contributed by atoms with van der Waals surface area (Å²) in [6.45, 7) is 1.03. The molecule has 3 aliphatic carbocycles. The van der Waals surface area contributed by atoms with Gasteiger partial charge in [0.2, 0.25) is 5.78 Å². The lowest BCUT2D eigenvalue weighted by molar-refractivity contribution is -0.153. The van der Waals surface area contributed by atoms with E-state index in [9.17, 15) is 34.8 Å². The minimum absolute atomic E-state index is 0.00251. The zero-order chi connectivity index (χ0) is 31.5. The van der Waals surface area contributed by atoms with Crippen LogP contribution in [0.15, 0.2) is 70.1 Å². The highest BCUT2D eigenvalue weighted by Crippen LogP contribution is 2.53. The monoisotopic (exact) mass is 600 g/mol. The maximum absolute atomic E-state index is 14.0. The van der Waals surface area contributed by atoms with Crippen molar-refractivity contribution < 1.29 is 39.2 Å². The van der Waals surface area contributed by atoms with Gasteiger partial charge in [0.1, 0.15) is 34.4 Å². The van der Waals surface area contributed by atoms with Crippen LogP contribution in [0, 0.1) is 11.8 Å². The molecule has 12 nitrogen and oxygen atoms in total. The number of hydrogen-bond acceptors (Lipinski definition) is 11. The topological polar surface area (TPSA) is 199 Å². The van der Waals surface area contributed by atoms with E-state index in [1.54, 1.807) is 38.6 Å². The summed E-state index contributed by atoms with van der Waals surface area (Å²) in [5.41, 5.74) is 3.79. The molecule has 1 amide bonds. The minimum atomic E-state index is -2.68. The lowest BCUT2D eigenvalue weighted by atomic mass is 9.57. The first-order chi connectivity index (χ1) is 20.9. The number of pyridine rings is 1. The van der Waals surface area contributed by atoms with Gasteiger partial charge in [0.15, 0.2) is 11.4 Å². The molecular weight excluding hydrogens is 568 g/mol. The molecule has 6 rings (SSSR count). The summed E-state index contributed by atoms with van der Waals surface area (Å²) in [6, 6.07) is 9.31. The fourth-order valence-corrected chi connectivity index (χ4v) is 6.93. The lowest BCUT2D eigenvalue weighted by Gasteiger charge is -2.50. The third kappa shape index (κ3) is 4.41. The van der Waals surface area contributed by atoms with Crippen LogP contribution in [0.2, 0.25) is 0 Å². The van der Waals surface area contributed by atoms with Crippen molar-refractivity contribution in [1.82, 2.24) is 15.2 Å². The third-order valence-corrected chi connectivity index (χ3v) is 8.88. The fourth-order valence-electron chi connectivity index (χ4n) is 6.93. The molecule has 4 atom stereocenters. The first-order valence-electron chi connectivity index (χ1n) is 14.1. The van der Waals surface area contributed by atoms with Crippen molar-refractivity contribution in [2.24, 2.45) is 17.6 Å². The molecular formula is C32H32N4O8. The number of Topliss-reactive ketones (excluding diaryl/α,β-unsaturated/α-hetero) is 2. The Hall–Kier alpha value is -4.78. The van der Waals surface area contributed by atoms with Gasteiger partial charge in [-0.2, -0.15) is 0 Å². The third-order valence-electron chi connectivity index (χ3n) is 8.88. The van der Waals surface area contributed by atoms with Crippen LogP contribution >= 0.6 is 0 Å². The van der Waals surface area contributed by atoms with E-state index in [0.717, 1.165) is 5.56 Å². The molecule has 12 heteroatoms. The zero-order valence-corrected chi connectivity index (χ0v) is 24.1. The number of nitrogens with two attached hydrogens (primary N) is 1. The number of aliphatic hydroxyl groups is 3. The van der Waals surface area contributed by atoms with E-state index in [-0.39, 0.29) is 29.7 Å². The van der Waals surface area contributed by atoms with Crippen molar-refractivity contribution in [3.05, 3.63) is 88.1 Å². The van der Waals surface area contributed by atoms with Gasteiger partial charge in [-0.15, -0.1) is 0 Å². The molecule has 1 fully saturated rings. The quantitative estimate of drug-likeness (QED) is 0.217. The maximum atomic E-state index is 14.0. The predicted octanol–water partition coefficient (Wildman–Crippen LogP) is 1.91. The highest BCUT2D eigenvalue weighted by Gasteiger charge is 2.64. The summed E-state index contributed by atoms with van der Waals surface area (Å²) >= 11 is 0. The number of hydrogen-bond donors (Lipinski definition) is 6.